The Hall–Kier alpha value is -1.95. The van der Waals surface area contributed by atoms with E-state index in [1.807, 2.05) is 6.20 Å². The maximum absolute atomic E-state index is 4.75. The fraction of sp³-hybridized carbons (Fsp3) is 0.560. The summed E-state index contributed by atoms with van der Waals surface area (Å²) in [6.45, 7) is 4.27. The van der Waals surface area contributed by atoms with Gasteiger partial charge in [0.05, 0.1) is 11.7 Å². The minimum atomic E-state index is 0.446. The van der Waals surface area contributed by atoms with E-state index in [2.05, 4.69) is 58.2 Å². The number of hydrogen-bond donors (Lipinski definition) is 3. The molecular formula is C25H35N5. The summed E-state index contributed by atoms with van der Waals surface area (Å²) in [5, 5.41) is 11.1. The van der Waals surface area contributed by atoms with Crippen LogP contribution in [-0.2, 0) is 19.4 Å². The molecule has 5 rings (SSSR count). The second-order valence-electron chi connectivity index (χ2n) is 9.29. The maximum Gasteiger partial charge on any atom is 0.0607 e. The van der Waals surface area contributed by atoms with E-state index in [0.29, 0.717) is 18.1 Å². The Labute approximate surface area is 180 Å². The van der Waals surface area contributed by atoms with E-state index in [1.165, 1.54) is 60.2 Å². The number of rotatable bonds is 5. The lowest BCUT2D eigenvalue weighted by atomic mass is 9.89. The van der Waals surface area contributed by atoms with E-state index in [-0.39, 0.29) is 0 Å². The van der Waals surface area contributed by atoms with Crippen molar-refractivity contribution in [3.8, 4) is 0 Å². The lowest BCUT2D eigenvalue weighted by molar-refractivity contribution is 0.191. The molecule has 1 fully saturated rings. The predicted octanol–water partition coefficient (Wildman–Crippen LogP) is 3.27. The van der Waals surface area contributed by atoms with E-state index in [9.17, 15) is 0 Å². The molecule has 1 aliphatic carbocycles. The highest BCUT2D eigenvalue weighted by atomic mass is 15.2. The quantitative estimate of drug-likeness (QED) is 0.713. The number of nitrogens with one attached hydrogen (secondary N) is 3. The van der Waals surface area contributed by atoms with Gasteiger partial charge in [0, 0.05) is 37.1 Å². The van der Waals surface area contributed by atoms with Crippen LogP contribution in [0, 0.1) is 0 Å². The topological polar surface area (TPSA) is 52.2 Å². The Bertz CT molecular complexity index is 860. The fourth-order valence-corrected chi connectivity index (χ4v) is 5.55. The van der Waals surface area contributed by atoms with Crippen molar-refractivity contribution in [2.75, 3.05) is 32.0 Å². The molecule has 2 aromatic rings. The Balaban J connectivity index is 1.28. The molecule has 3 heterocycles. The first-order valence-electron chi connectivity index (χ1n) is 11.7. The van der Waals surface area contributed by atoms with Crippen LogP contribution < -0.4 is 16.0 Å². The average Bonchev–Trinajstić information content (AvgIpc) is 2.80. The van der Waals surface area contributed by atoms with Gasteiger partial charge in [-0.25, -0.2) is 0 Å². The van der Waals surface area contributed by atoms with Gasteiger partial charge in [-0.2, -0.15) is 0 Å². The van der Waals surface area contributed by atoms with Gasteiger partial charge < -0.3 is 16.0 Å². The summed E-state index contributed by atoms with van der Waals surface area (Å²) in [4.78, 5) is 7.29. The number of anilines is 1. The number of benzene rings is 1. The highest BCUT2D eigenvalue weighted by Crippen LogP contribution is 2.33. The summed E-state index contributed by atoms with van der Waals surface area (Å²) in [5.41, 5.74) is 7.08. The van der Waals surface area contributed by atoms with Gasteiger partial charge >= 0.3 is 0 Å². The molecule has 0 bridgehead atoms. The van der Waals surface area contributed by atoms with Crippen molar-refractivity contribution in [1.29, 1.82) is 0 Å². The summed E-state index contributed by atoms with van der Waals surface area (Å²) >= 11 is 0. The normalized spacial score (nSPS) is 24.3. The third-order valence-electron chi connectivity index (χ3n) is 7.21. The molecule has 0 spiro atoms. The minimum Gasteiger partial charge on any atom is -0.382 e. The highest BCUT2D eigenvalue weighted by molar-refractivity contribution is 5.56. The Morgan fingerprint density at radius 3 is 2.87 bits per heavy atom. The standard InChI is InChI=1S/C25H35N5/c1-30(24-9-3-5-18-7-4-12-27-25(18)24)17-21-15-22-19(16-28-21)6-2-8-23(22)29-20-10-13-26-14-11-20/h2,4,6-8,12,20-21,24,26,28-29H,3,5,9-11,13-17H2,1H3/t21?,24-/m0/s1. The van der Waals surface area contributed by atoms with Crippen molar-refractivity contribution < 1.29 is 0 Å². The first kappa shape index (κ1) is 20.0. The smallest absolute Gasteiger partial charge is 0.0607 e. The van der Waals surface area contributed by atoms with E-state index in [1.54, 1.807) is 0 Å². The summed E-state index contributed by atoms with van der Waals surface area (Å²) < 4.78 is 0. The largest absolute Gasteiger partial charge is 0.382 e. The molecule has 160 valence electrons. The van der Waals surface area contributed by atoms with Crippen LogP contribution in [-0.4, -0.2) is 48.6 Å². The van der Waals surface area contributed by atoms with Crippen molar-refractivity contribution in [3.63, 3.8) is 0 Å². The van der Waals surface area contributed by atoms with Crippen LogP contribution in [0.25, 0.3) is 0 Å². The number of aromatic nitrogens is 1. The second kappa shape index (κ2) is 9.04. The molecular weight excluding hydrogens is 370 g/mol. The molecule has 1 aromatic carbocycles. The van der Waals surface area contributed by atoms with E-state index in [0.717, 1.165) is 32.6 Å². The zero-order valence-corrected chi connectivity index (χ0v) is 18.2. The van der Waals surface area contributed by atoms with Crippen molar-refractivity contribution in [2.45, 2.75) is 63.2 Å². The van der Waals surface area contributed by atoms with E-state index >= 15 is 0 Å². The summed E-state index contributed by atoms with van der Waals surface area (Å²) in [6.07, 6.45) is 9.12. The third-order valence-corrected chi connectivity index (χ3v) is 7.21. The van der Waals surface area contributed by atoms with Crippen LogP contribution >= 0.6 is 0 Å². The van der Waals surface area contributed by atoms with Crippen LogP contribution in [0.1, 0.15) is 54.1 Å². The number of piperidine rings is 1. The molecule has 0 radical (unpaired) electrons. The molecule has 0 amide bonds. The first-order valence-corrected chi connectivity index (χ1v) is 11.7. The molecule has 5 heteroatoms. The van der Waals surface area contributed by atoms with Crippen LogP contribution in [0.15, 0.2) is 36.5 Å². The van der Waals surface area contributed by atoms with Gasteiger partial charge in [0.25, 0.3) is 0 Å². The van der Waals surface area contributed by atoms with Crippen LogP contribution in [0.4, 0.5) is 5.69 Å². The van der Waals surface area contributed by atoms with Gasteiger partial charge in [-0.1, -0.05) is 18.2 Å². The molecule has 3 aliphatic rings. The third kappa shape index (κ3) is 4.25. The maximum atomic E-state index is 4.75. The molecule has 5 nitrogen and oxygen atoms in total. The van der Waals surface area contributed by atoms with Crippen molar-refractivity contribution in [2.24, 2.45) is 0 Å². The van der Waals surface area contributed by atoms with E-state index < -0.39 is 0 Å². The second-order valence-corrected chi connectivity index (χ2v) is 9.29. The monoisotopic (exact) mass is 405 g/mol. The molecule has 1 saturated heterocycles. The molecule has 3 N–H and O–H groups in total. The Kier molecular flexibility index (Phi) is 6.02. The highest BCUT2D eigenvalue weighted by Gasteiger charge is 2.28. The van der Waals surface area contributed by atoms with Crippen LogP contribution in [0.5, 0.6) is 0 Å². The van der Waals surface area contributed by atoms with E-state index in [4.69, 9.17) is 4.98 Å². The molecule has 2 atom stereocenters. The molecule has 30 heavy (non-hydrogen) atoms. The molecule has 1 aromatic heterocycles. The van der Waals surface area contributed by atoms with Crippen molar-refractivity contribution in [1.82, 2.24) is 20.5 Å². The number of pyridine rings is 1. The Morgan fingerprint density at radius 1 is 1.10 bits per heavy atom. The van der Waals surface area contributed by atoms with Crippen LogP contribution in [0.2, 0.25) is 0 Å². The van der Waals surface area contributed by atoms with Crippen molar-refractivity contribution in [3.05, 3.63) is 58.9 Å². The van der Waals surface area contributed by atoms with Gasteiger partial charge in [-0.05, 0) is 87.5 Å². The van der Waals surface area contributed by atoms with Crippen LogP contribution in [0.3, 0.4) is 0 Å². The van der Waals surface area contributed by atoms with Gasteiger partial charge in [0.1, 0.15) is 0 Å². The zero-order valence-electron chi connectivity index (χ0n) is 18.2. The zero-order chi connectivity index (χ0) is 20.3. The number of aryl methyl sites for hydroxylation is 1. The lowest BCUT2D eigenvalue weighted by Gasteiger charge is -2.37. The van der Waals surface area contributed by atoms with Crippen molar-refractivity contribution >= 4 is 5.69 Å². The lowest BCUT2D eigenvalue weighted by Crippen LogP contribution is -2.45. The van der Waals surface area contributed by atoms with Gasteiger partial charge in [-0.3, -0.25) is 9.88 Å². The van der Waals surface area contributed by atoms with Gasteiger partial charge in [0.15, 0.2) is 0 Å². The summed E-state index contributed by atoms with van der Waals surface area (Å²) in [7, 11) is 2.28. The summed E-state index contributed by atoms with van der Waals surface area (Å²) in [5.74, 6) is 0. The predicted molar refractivity (Wildman–Crippen MR) is 123 cm³/mol. The summed E-state index contributed by atoms with van der Waals surface area (Å²) in [6, 6.07) is 12.6. The number of hydrogen-bond acceptors (Lipinski definition) is 5. The van der Waals surface area contributed by atoms with Gasteiger partial charge in [-0.15, -0.1) is 0 Å². The average molecular weight is 406 g/mol. The SMILES string of the molecule is CN(CC1Cc2c(cccc2NC2CCNCC2)CN1)[C@H]1CCCc2cccnc21. The number of fused-ring (bicyclic) bond motifs is 2. The number of likely N-dealkylation sites (N-methyl/N-ethyl adjacent to an activating group) is 1. The molecule has 1 unspecified atom stereocenters. The fourth-order valence-electron chi connectivity index (χ4n) is 5.55. The minimum absolute atomic E-state index is 0.446. The van der Waals surface area contributed by atoms with Gasteiger partial charge in [0.2, 0.25) is 0 Å². The Morgan fingerprint density at radius 2 is 1.97 bits per heavy atom. The molecule has 2 aliphatic heterocycles. The number of nitrogens with zero attached hydrogens (tertiary/aromatic N) is 2. The molecule has 0 saturated carbocycles. The first-order chi connectivity index (χ1) is 14.8.